The Hall–Kier alpha value is -4.11. The quantitative estimate of drug-likeness (QED) is 0.491. The standard InChI is InChI=1S/C31H35N3O6/c1-19(2)28-30(37)33-26(16-21-12-14-24(35)15-13-21)29(36)32(20(3)4)17-27(33)34(40-28)31(38)39-18-23-10-7-9-22-8-5-6-11-25(22)23/h5-15,19-20,26-28,35H,16-18H2,1-4H3/t26-,27?,28-/m0/s1. The van der Waals surface area contributed by atoms with Gasteiger partial charge in [0.25, 0.3) is 5.91 Å². The Bertz CT molecular complexity index is 1400. The van der Waals surface area contributed by atoms with Crippen molar-refractivity contribution in [1.82, 2.24) is 14.9 Å². The van der Waals surface area contributed by atoms with Gasteiger partial charge in [0, 0.05) is 12.5 Å². The summed E-state index contributed by atoms with van der Waals surface area (Å²) >= 11 is 0. The Morgan fingerprint density at radius 3 is 2.38 bits per heavy atom. The normalized spacial score (nSPS) is 21.4. The third kappa shape index (κ3) is 5.21. The van der Waals surface area contributed by atoms with E-state index in [2.05, 4.69) is 0 Å². The first kappa shape index (κ1) is 27.5. The van der Waals surface area contributed by atoms with Crippen molar-refractivity contribution in [3.63, 3.8) is 0 Å². The molecule has 40 heavy (non-hydrogen) atoms. The first-order valence-electron chi connectivity index (χ1n) is 13.7. The van der Waals surface area contributed by atoms with Gasteiger partial charge in [-0.3, -0.25) is 14.4 Å². The van der Waals surface area contributed by atoms with Crippen LogP contribution in [0, 0.1) is 5.92 Å². The number of carbonyl (C=O) groups excluding carboxylic acids is 3. The van der Waals surface area contributed by atoms with E-state index in [1.165, 1.54) is 4.90 Å². The lowest BCUT2D eigenvalue weighted by Crippen LogP contribution is -2.74. The molecule has 0 bridgehead atoms. The molecular weight excluding hydrogens is 510 g/mol. The number of rotatable bonds is 6. The number of fused-ring (bicyclic) bond motifs is 2. The SMILES string of the molecule is CC(C)[C@@H]1ON(C(=O)OCc2cccc3ccccc23)C2CN(C(C)C)C(=O)[C@H](Cc3ccc(O)cc3)N2C1=O. The molecule has 9 nitrogen and oxygen atoms in total. The largest absolute Gasteiger partial charge is 0.508 e. The van der Waals surface area contributed by atoms with Crippen LogP contribution in [0.4, 0.5) is 4.79 Å². The maximum atomic E-state index is 13.8. The molecule has 3 atom stereocenters. The third-order valence-corrected chi connectivity index (χ3v) is 7.59. The van der Waals surface area contributed by atoms with Crippen LogP contribution < -0.4 is 0 Å². The number of ether oxygens (including phenoxy) is 1. The number of phenolic OH excluding ortho intramolecular Hbond substituents is 1. The van der Waals surface area contributed by atoms with Gasteiger partial charge in [-0.15, -0.1) is 0 Å². The Morgan fingerprint density at radius 2 is 1.68 bits per heavy atom. The monoisotopic (exact) mass is 545 g/mol. The Labute approximate surface area is 233 Å². The van der Waals surface area contributed by atoms with Gasteiger partial charge in [0.2, 0.25) is 5.91 Å². The summed E-state index contributed by atoms with van der Waals surface area (Å²) in [6.45, 7) is 7.60. The molecule has 3 aromatic rings. The Kier molecular flexibility index (Phi) is 7.67. The molecule has 0 radical (unpaired) electrons. The van der Waals surface area contributed by atoms with Crippen LogP contribution >= 0.6 is 0 Å². The zero-order valence-corrected chi connectivity index (χ0v) is 23.2. The molecule has 210 valence electrons. The molecule has 2 saturated heterocycles. The molecule has 5 rings (SSSR count). The molecule has 2 aliphatic heterocycles. The van der Waals surface area contributed by atoms with E-state index < -0.39 is 24.4 Å². The highest BCUT2D eigenvalue weighted by Gasteiger charge is 2.54. The number of amides is 3. The number of hydroxylamine groups is 2. The summed E-state index contributed by atoms with van der Waals surface area (Å²) < 4.78 is 5.77. The van der Waals surface area contributed by atoms with Crippen molar-refractivity contribution >= 4 is 28.7 Å². The number of benzene rings is 3. The number of hydrogen-bond donors (Lipinski definition) is 1. The second kappa shape index (κ2) is 11.2. The highest BCUT2D eigenvalue weighted by Crippen LogP contribution is 2.33. The Balaban J connectivity index is 1.46. The minimum Gasteiger partial charge on any atom is -0.508 e. The van der Waals surface area contributed by atoms with Gasteiger partial charge in [0.15, 0.2) is 12.3 Å². The van der Waals surface area contributed by atoms with E-state index in [0.717, 1.165) is 27.0 Å². The van der Waals surface area contributed by atoms with Gasteiger partial charge in [0.1, 0.15) is 18.4 Å². The van der Waals surface area contributed by atoms with Gasteiger partial charge >= 0.3 is 6.09 Å². The summed E-state index contributed by atoms with van der Waals surface area (Å²) in [5, 5.41) is 12.9. The molecular formula is C31H35N3O6. The summed E-state index contributed by atoms with van der Waals surface area (Å²) in [5.74, 6) is -0.669. The smallest absolute Gasteiger partial charge is 0.436 e. The van der Waals surface area contributed by atoms with Crippen LogP contribution in [0.3, 0.4) is 0 Å². The van der Waals surface area contributed by atoms with Crippen molar-refractivity contribution < 1.29 is 29.1 Å². The van der Waals surface area contributed by atoms with Crippen molar-refractivity contribution in [2.45, 2.75) is 65.1 Å². The van der Waals surface area contributed by atoms with Gasteiger partial charge in [-0.05, 0) is 53.8 Å². The van der Waals surface area contributed by atoms with E-state index in [-0.39, 0.29) is 49.1 Å². The molecule has 2 fully saturated rings. The molecule has 3 aromatic carbocycles. The summed E-state index contributed by atoms with van der Waals surface area (Å²) in [6, 6.07) is 19.2. The maximum Gasteiger partial charge on any atom is 0.436 e. The molecule has 1 unspecified atom stereocenters. The number of hydrogen-bond acceptors (Lipinski definition) is 6. The third-order valence-electron chi connectivity index (χ3n) is 7.59. The highest BCUT2D eigenvalue weighted by atomic mass is 16.7. The van der Waals surface area contributed by atoms with Gasteiger partial charge in [-0.1, -0.05) is 68.4 Å². The van der Waals surface area contributed by atoms with E-state index >= 15 is 0 Å². The number of phenols is 1. The topological polar surface area (TPSA) is 99.6 Å². The van der Waals surface area contributed by atoms with E-state index in [0.29, 0.717) is 0 Å². The zero-order valence-electron chi connectivity index (χ0n) is 23.2. The van der Waals surface area contributed by atoms with Crippen molar-refractivity contribution in [2.24, 2.45) is 5.92 Å². The van der Waals surface area contributed by atoms with Gasteiger partial charge < -0.3 is 19.6 Å². The van der Waals surface area contributed by atoms with Gasteiger partial charge in [0.05, 0.1) is 6.54 Å². The molecule has 0 saturated carbocycles. The average Bonchev–Trinajstić information content (AvgIpc) is 2.93. The first-order chi connectivity index (χ1) is 19.2. The molecule has 2 aliphatic rings. The molecule has 9 heteroatoms. The predicted octanol–water partition coefficient (Wildman–Crippen LogP) is 4.47. The molecule has 2 heterocycles. The summed E-state index contributed by atoms with van der Waals surface area (Å²) in [7, 11) is 0. The lowest BCUT2D eigenvalue weighted by molar-refractivity contribution is -0.274. The van der Waals surface area contributed by atoms with Crippen LogP contribution in [0.25, 0.3) is 10.8 Å². The van der Waals surface area contributed by atoms with E-state index in [9.17, 15) is 19.5 Å². The fourth-order valence-corrected chi connectivity index (χ4v) is 5.44. The first-order valence-corrected chi connectivity index (χ1v) is 13.7. The predicted molar refractivity (Wildman–Crippen MR) is 149 cm³/mol. The Morgan fingerprint density at radius 1 is 0.975 bits per heavy atom. The van der Waals surface area contributed by atoms with Crippen LogP contribution in [0.5, 0.6) is 5.75 Å². The fraction of sp³-hybridized carbons (Fsp3) is 0.387. The highest BCUT2D eigenvalue weighted by molar-refractivity contribution is 5.92. The van der Waals surface area contributed by atoms with E-state index in [1.54, 1.807) is 29.2 Å². The van der Waals surface area contributed by atoms with Gasteiger partial charge in [-0.25, -0.2) is 4.79 Å². The van der Waals surface area contributed by atoms with Crippen LogP contribution in [-0.4, -0.2) is 68.8 Å². The zero-order chi connectivity index (χ0) is 28.6. The number of aromatic hydroxyl groups is 1. The summed E-state index contributed by atoms with van der Waals surface area (Å²) in [5.41, 5.74) is 1.63. The summed E-state index contributed by atoms with van der Waals surface area (Å²) in [6.07, 6.45) is -2.30. The number of nitrogens with zero attached hydrogens (tertiary/aromatic N) is 3. The molecule has 3 amide bonds. The molecule has 0 spiro atoms. The van der Waals surface area contributed by atoms with E-state index in [4.69, 9.17) is 9.57 Å². The summed E-state index contributed by atoms with van der Waals surface area (Å²) in [4.78, 5) is 50.3. The number of carbonyl (C=O) groups is 3. The van der Waals surface area contributed by atoms with E-state index in [1.807, 2.05) is 70.2 Å². The van der Waals surface area contributed by atoms with Crippen LogP contribution in [-0.2, 0) is 32.2 Å². The fourth-order valence-electron chi connectivity index (χ4n) is 5.44. The van der Waals surface area contributed by atoms with Crippen molar-refractivity contribution in [3.05, 3.63) is 77.9 Å². The second-order valence-electron chi connectivity index (χ2n) is 11.0. The van der Waals surface area contributed by atoms with Crippen LogP contribution in [0.2, 0.25) is 0 Å². The van der Waals surface area contributed by atoms with Crippen LogP contribution in [0.15, 0.2) is 66.7 Å². The average molecular weight is 546 g/mol. The minimum atomic E-state index is -0.956. The maximum absolute atomic E-state index is 13.8. The van der Waals surface area contributed by atoms with Crippen molar-refractivity contribution in [3.8, 4) is 5.75 Å². The van der Waals surface area contributed by atoms with Gasteiger partial charge in [-0.2, -0.15) is 5.06 Å². The molecule has 1 N–H and O–H groups in total. The lowest BCUT2D eigenvalue weighted by Gasteiger charge is -2.53. The van der Waals surface area contributed by atoms with Crippen molar-refractivity contribution in [1.29, 1.82) is 0 Å². The van der Waals surface area contributed by atoms with Crippen LogP contribution in [0.1, 0.15) is 38.8 Å². The minimum absolute atomic E-state index is 0.0246. The van der Waals surface area contributed by atoms with Crippen molar-refractivity contribution in [2.75, 3.05) is 6.54 Å². The molecule has 0 aliphatic carbocycles. The second-order valence-corrected chi connectivity index (χ2v) is 11.0. The molecule has 0 aromatic heterocycles. The lowest BCUT2D eigenvalue weighted by atomic mass is 9.96. The number of piperazine rings is 1.